The molecule has 0 radical (unpaired) electrons. The summed E-state index contributed by atoms with van der Waals surface area (Å²) in [6, 6.07) is 10.1. The van der Waals surface area contributed by atoms with Crippen LogP contribution in [0.2, 0.25) is 0 Å². The highest BCUT2D eigenvalue weighted by molar-refractivity contribution is 9.10. The van der Waals surface area contributed by atoms with Crippen LogP contribution in [0.3, 0.4) is 0 Å². The highest BCUT2D eigenvalue weighted by atomic mass is 79.9. The minimum absolute atomic E-state index is 0.0410. The van der Waals surface area contributed by atoms with Crippen molar-refractivity contribution in [3.8, 4) is 0 Å². The molecular weight excluding hydrogens is 524 g/mol. The van der Waals surface area contributed by atoms with Crippen molar-refractivity contribution in [2.24, 2.45) is 0 Å². The average Bonchev–Trinajstić information content (AvgIpc) is 3.15. The van der Waals surface area contributed by atoms with Crippen LogP contribution < -0.4 is 10.6 Å². The first-order chi connectivity index (χ1) is 16.3. The Balaban J connectivity index is 1.38. The molecule has 10 heteroatoms. The minimum atomic E-state index is -2.63. The molecule has 1 saturated carbocycles. The molecule has 34 heavy (non-hydrogen) atoms. The van der Waals surface area contributed by atoms with Gasteiger partial charge in [0.1, 0.15) is 11.6 Å². The molecule has 1 aliphatic carbocycles. The number of nitrogens with one attached hydrogen (secondary N) is 2. The van der Waals surface area contributed by atoms with Crippen molar-refractivity contribution in [3.63, 3.8) is 0 Å². The van der Waals surface area contributed by atoms with Crippen molar-refractivity contribution < 1.29 is 13.9 Å². The van der Waals surface area contributed by atoms with E-state index >= 15 is 0 Å². The van der Waals surface area contributed by atoms with E-state index in [1.165, 1.54) is 11.3 Å². The normalized spacial score (nSPS) is 23.2. The smallest absolute Gasteiger partial charge is 0.260 e. The number of benzene rings is 1. The molecule has 0 spiro atoms. The molecule has 6 nitrogen and oxygen atoms in total. The van der Waals surface area contributed by atoms with Crippen LogP contribution in [0.15, 0.2) is 34.8 Å². The Labute approximate surface area is 209 Å². The number of aliphatic hydroxyl groups is 1. The van der Waals surface area contributed by atoms with E-state index in [0.717, 1.165) is 51.1 Å². The van der Waals surface area contributed by atoms with Crippen molar-refractivity contribution in [2.75, 3.05) is 23.7 Å². The molecule has 3 heterocycles. The molecular formula is C24H28BrF2N5OS. The Morgan fingerprint density at radius 2 is 1.91 bits per heavy atom. The quantitative estimate of drug-likeness (QED) is 0.341. The summed E-state index contributed by atoms with van der Waals surface area (Å²) in [6.45, 7) is 0.891. The van der Waals surface area contributed by atoms with Crippen LogP contribution >= 0.6 is 27.3 Å². The molecule has 182 valence electrons. The van der Waals surface area contributed by atoms with Crippen LogP contribution in [0.25, 0.3) is 10.2 Å². The van der Waals surface area contributed by atoms with Gasteiger partial charge in [0.15, 0.2) is 5.13 Å². The van der Waals surface area contributed by atoms with Gasteiger partial charge in [0.2, 0.25) is 0 Å². The number of aliphatic hydroxyl groups excluding tert-OH is 1. The van der Waals surface area contributed by atoms with E-state index in [1.807, 2.05) is 35.2 Å². The second-order valence-electron chi connectivity index (χ2n) is 9.32. The standard InChI is InChI=1S/C24H28BrF2N5OS/c25-16-2-7-19-20(12-16)34-23(29-19)31-22-11-15(13-32-9-1-8-24(26,27)14-32)10-21(30-22)28-17-3-5-18(33)6-4-17/h2,7,10-12,17-18,33H,1,3-6,8-9,13-14H2,(H2,28,29,30,31)/t17-,18-. The van der Waals surface area contributed by atoms with Gasteiger partial charge >= 0.3 is 0 Å². The third-order valence-electron chi connectivity index (χ3n) is 6.40. The molecule has 5 rings (SSSR count). The lowest BCUT2D eigenvalue weighted by Crippen LogP contribution is -2.42. The highest BCUT2D eigenvalue weighted by Gasteiger charge is 2.35. The Bertz CT molecular complexity index is 1150. The largest absolute Gasteiger partial charge is 0.393 e. The van der Waals surface area contributed by atoms with Crippen LogP contribution in [0, 0.1) is 0 Å². The number of fused-ring (bicyclic) bond motifs is 1. The first kappa shape index (κ1) is 23.8. The fourth-order valence-electron chi connectivity index (χ4n) is 4.75. The van der Waals surface area contributed by atoms with Gasteiger partial charge in [-0.2, -0.15) is 0 Å². The van der Waals surface area contributed by atoms with E-state index in [-0.39, 0.29) is 25.1 Å². The summed E-state index contributed by atoms with van der Waals surface area (Å²) in [5, 5.41) is 17.4. The third kappa shape index (κ3) is 6.02. The van der Waals surface area contributed by atoms with Gasteiger partial charge in [0.25, 0.3) is 5.92 Å². The SMILES string of the molecule is O[C@H]1CC[C@H](Nc2cc(CN3CCCC(F)(F)C3)cc(Nc3nc4ccc(Br)cc4s3)n2)CC1. The number of aromatic nitrogens is 2. The first-order valence-corrected chi connectivity index (χ1v) is 13.3. The van der Waals surface area contributed by atoms with E-state index < -0.39 is 5.92 Å². The molecule has 0 unspecified atom stereocenters. The minimum Gasteiger partial charge on any atom is -0.393 e. The molecule has 1 aromatic carbocycles. The zero-order valence-corrected chi connectivity index (χ0v) is 21.1. The summed E-state index contributed by atoms with van der Waals surface area (Å²) in [4.78, 5) is 11.2. The van der Waals surface area contributed by atoms with Crippen molar-refractivity contribution in [3.05, 3.63) is 40.4 Å². The number of nitrogens with zero attached hydrogens (tertiary/aromatic N) is 3. The zero-order chi connectivity index (χ0) is 23.7. The Kier molecular flexibility index (Phi) is 7.02. The van der Waals surface area contributed by atoms with Gasteiger partial charge in [-0.15, -0.1) is 0 Å². The maximum atomic E-state index is 14.0. The van der Waals surface area contributed by atoms with Crippen molar-refractivity contribution in [2.45, 2.75) is 63.1 Å². The van der Waals surface area contributed by atoms with Crippen LogP contribution in [0.1, 0.15) is 44.1 Å². The van der Waals surface area contributed by atoms with Gasteiger partial charge in [-0.05, 0) is 74.5 Å². The van der Waals surface area contributed by atoms with E-state index in [1.54, 1.807) is 0 Å². The molecule has 2 fully saturated rings. The fraction of sp³-hybridized carbons (Fsp3) is 0.500. The Morgan fingerprint density at radius 1 is 1.12 bits per heavy atom. The molecule has 1 saturated heterocycles. The number of anilines is 3. The molecule has 1 aliphatic heterocycles. The second-order valence-corrected chi connectivity index (χ2v) is 11.3. The molecule has 0 atom stereocenters. The van der Waals surface area contributed by atoms with Gasteiger partial charge in [-0.1, -0.05) is 27.3 Å². The predicted octanol–water partition coefficient (Wildman–Crippen LogP) is 6.14. The van der Waals surface area contributed by atoms with E-state index in [0.29, 0.717) is 31.1 Å². The van der Waals surface area contributed by atoms with Gasteiger partial charge in [0.05, 0.1) is 22.9 Å². The Hall–Kier alpha value is -1.88. The fourth-order valence-corrected chi connectivity index (χ4v) is 6.17. The molecule has 3 N–H and O–H groups in total. The number of piperidine rings is 1. The van der Waals surface area contributed by atoms with Crippen molar-refractivity contribution >= 4 is 54.3 Å². The van der Waals surface area contributed by atoms with Crippen molar-refractivity contribution in [1.29, 1.82) is 0 Å². The summed E-state index contributed by atoms with van der Waals surface area (Å²) in [7, 11) is 0. The number of halogens is 3. The number of hydrogen-bond donors (Lipinski definition) is 3. The monoisotopic (exact) mass is 551 g/mol. The highest BCUT2D eigenvalue weighted by Crippen LogP contribution is 2.32. The van der Waals surface area contributed by atoms with Crippen LogP contribution in [-0.4, -0.2) is 51.1 Å². The molecule has 3 aromatic rings. The van der Waals surface area contributed by atoms with Gasteiger partial charge in [-0.25, -0.2) is 18.7 Å². The van der Waals surface area contributed by atoms with E-state index in [4.69, 9.17) is 4.98 Å². The van der Waals surface area contributed by atoms with E-state index in [9.17, 15) is 13.9 Å². The summed E-state index contributed by atoms with van der Waals surface area (Å²) in [5.74, 6) is -1.28. The second kappa shape index (κ2) is 10.0. The number of alkyl halides is 2. The maximum Gasteiger partial charge on any atom is 0.260 e. The summed E-state index contributed by atoms with van der Waals surface area (Å²) in [5.41, 5.74) is 1.83. The summed E-state index contributed by atoms with van der Waals surface area (Å²) < 4.78 is 30.0. The molecule has 0 bridgehead atoms. The van der Waals surface area contributed by atoms with Crippen LogP contribution in [0.4, 0.5) is 25.5 Å². The molecule has 2 aromatic heterocycles. The van der Waals surface area contributed by atoms with Gasteiger partial charge in [-0.3, -0.25) is 4.90 Å². The number of rotatable bonds is 6. The Morgan fingerprint density at radius 3 is 2.71 bits per heavy atom. The van der Waals surface area contributed by atoms with Crippen LogP contribution in [0.5, 0.6) is 0 Å². The number of thiazole rings is 1. The van der Waals surface area contributed by atoms with Crippen LogP contribution in [-0.2, 0) is 6.54 Å². The number of hydrogen-bond acceptors (Lipinski definition) is 7. The third-order valence-corrected chi connectivity index (χ3v) is 7.82. The predicted molar refractivity (Wildman–Crippen MR) is 136 cm³/mol. The number of likely N-dealkylation sites (tertiary alicyclic amines) is 1. The molecule has 2 aliphatic rings. The lowest BCUT2D eigenvalue weighted by molar-refractivity contribution is -0.0661. The zero-order valence-electron chi connectivity index (χ0n) is 18.7. The average molecular weight is 552 g/mol. The van der Waals surface area contributed by atoms with Crippen molar-refractivity contribution in [1.82, 2.24) is 14.9 Å². The van der Waals surface area contributed by atoms with Gasteiger partial charge < -0.3 is 15.7 Å². The summed E-state index contributed by atoms with van der Waals surface area (Å²) in [6.07, 6.45) is 3.52. The molecule has 0 amide bonds. The number of pyridine rings is 1. The summed E-state index contributed by atoms with van der Waals surface area (Å²) >= 11 is 5.04. The lowest BCUT2D eigenvalue weighted by atomic mass is 9.93. The topological polar surface area (TPSA) is 73.3 Å². The first-order valence-electron chi connectivity index (χ1n) is 11.7. The van der Waals surface area contributed by atoms with Gasteiger partial charge in [0, 0.05) is 23.5 Å². The van der Waals surface area contributed by atoms with E-state index in [2.05, 4.69) is 31.5 Å². The lowest BCUT2D eigenvalue weighted by Gasteiger charge is -2.32. The maximum absolute atomic E-state index is 14.0.